The molecule has 3 N–H and O–H groups in total. The molecule has 36 heavy (non-hydrogen) atoms. The normalized spacial score (nSPS) is 10.7. The van der Waals surface area contributed by atoms with E-state index in [1.807, 2.05) is 52.0 Å². The number of nitrogens with one attached hydrogen (secondary N) is 3. The third-order valence-electron chi connectivity index (χ3n) is 5.40. The summed E-state index contributed by atoms with van der Waals surface area (Å²) in [6, 6.07) is 18.1. The van der Waals surface area contributed by atoms with Crippen LogP contribution in [0.5, 0.6) is 5.75 Å². The molecular formula is C28H30N4O4. The summed E-state index contributed by atoms with van der Waals surface area (Å²) in [5.41, 5.74) is 8.48. The number of benzene rings is 3. The zero-order valence-corrected chi connectivity index (χ0v) is 20.8. The zero-order valence-electron chi connectivity index (χ0n) is 20.8. The van der Waals surface area contributed by atoms with Crippen molar-refractivity contribution >= 4 is 35.3 Å². The van der Waals surface area contributed by atoms with Gasteiger partial charge in [-0.2, -0.15) is 5.10 Å². The summed E-state index contributed by atoms with van der Waals surface area (Å²) >= 11 is 0. The van der Waals surface area contributed by atoms with Crippen LogP contribution < -0.4 is 20.8 Å². The van der Waals surface area contributed by atoms with Gasteiger partial charge in [-0.15, -0.1) is 0 Å². The lowest BCUT2D eigenvalue weighted by molar-refractivity contribution is -0.136. The number of carbonyl (C=O) groups excluding carboxylic acids is 3. The smallest absolute Gasteiger partial charge is 0.329 e. The van der Waals surface area contributed by atoms with Crippen molar-refractivity contribution in [2.45, 2.75) is 34.1 Å². The van der Waals surface area contributed by atoms with Crippen LogP contribution >= 0.6 is 0 Å². The zero-order chi connectivity index (χ0) is 26.1. The lowest BCUT2D eigenvalue weighted by Gasteiger charge is -2.13. The molecule has 0 aromatic heterocycles. The third-order valence-corrected chi connectivity index (χ3v) is 5.40. The third kappa shape index (κ3) is 7.53. The molecule has 8 nitrogen and oxygen atoms in total. The van der Waals surface area contributed by atoms with Gasteiger partial charge >= 0.3 is 11.8 Å². The van der Waals surface area contributed by atoms with Crippen LogP contribution in [-0.2, 0) is 20.8 Å². The summed E-state index contributed by atoms with van der Waals surface area (Å²) in [7, 11) is 0. The largest absolute Gasteiger partial charge is 0.484 e. The van der Waals surface area contributed by atoms with Crippen molar-refractivity contribution in [3.05, 3.63) is 88.5 Å². The molecule has 186 valence electrons. The number of nitrogens with zero attached hydrogens (tertiary/aromatic N) is 1. The maximum absolute atomic E-state index is 12.3. The highest BCUT2D eigenvalue weighted by molar-refractivity contribution is 6.39. The van der Waals surface area contributed by atoms with Gasteiger partial charge in [0.05, 0.1) is 6.21 Å². The van der Waals surface area contributed by atoms with E-state index in [9.17, 15) is 14.4 Å². The fourth-order valence-corrected chi connectivity index (χ4v) is 3.58. The Balaban J connectivity index is 1.45. The summed E-state index contributed by atoms with van der Waals surface area (Å²) < 4.78 is 5.56. The van der Waals surface area contributed by atoms with Gasteiger partial charge in [0.1, 0.15) is 5.75 Å². The SMILES string of the molecule is CCc1ccc(NC(=O)C(=O)N/N=C\c2ccc(OCC(=O)Nc3c(C)cc(C)cc3C)cc2)cc1. The topological polar surface area (TPSA) is 109 Å². The van der Waals surface area contributed by atoms with E-state index in [1.54, 1.807) is 36.4 Å². The van der Waals surface area contributed by atoms with Gasteiger partial charge in [-0.25, -0.2) is 5.43 Å². The molecule has 0 fully saturated rings. The molecule has 0 aliphatic rings. The Morgan fingerprint density at radius 2 is 1.50 bits per heavy atom. The summed E-state index contributed by atoms with van der Waals surface area (Å²) in [5.74, 6) is -1.43. The van der Waals surface area contributed by atoms with Gasteiger partial charge in [0.15, 0.2) is 6.61 Å². The van der Waals surface area contributed by atoms with E-state index < -0.39 is 11.8 Å². The number of hydrogen-bond acceptors (Lipinski definition) is 5. The molecule has 3 aromatic rings. The van der Waals surface area contributed by atoms with E-state index in [-0.39, 0.29) is 12.5 Å². The van der Waals surface area contributed by atoms with Crippen LogP contribution in [0.3, 0.4) is 0 Å². The predicted octanol–water partition coefficient (Wildman–Crippen LogP) is 4.28. The molecule has 0 unspecified atom stereocenters. The molecule has 0 saturated carbocycles. The van der Waals surface area contributed by atoms with E-state index in [0.29, 0.717) is 17.0 Å². The number of hydrazone groups is 1. The molecule has 0 heterocycles. The fourth-order valence-electron chi connectivity index (χ4n) is 3.58. The Hall–Kier alpha value is -4.46. The molecule has 0 spiro atoms. The minimum atomic E-state index is -0.879. The van der Waals surface area contributed by atoms with Gasteiger partial charge < -0.3 is 15.4 Å². The second-order valence-corrected chi connectivity index (χ2v) is 8.38. The molecule has 0 radical (unpaired) electrons. The van der Waals surface area contributed by atoms with Crippen LogP contribution in [0.25, 0.3) is 0 Å². The summed E-state index contributed by atoms with van der Waals surface area (Å²) in [4.78, 5) is 36.3. The molecule has 0 atom stereocenters. The average Bonchev–Trinajstić information content (AvgIpc) is 2.86. The summed E-state index contributed by atoms with van der Waals surface area (Å²) in [6.07, 6.45) is 2.29. The maximum atomic E-state index is 12.3. The minimum absolute atomic E-state index is 0.132. The van der Waals surface area contributed by atoms with E-state index in [1.165, 1.54) is 6.21 Å². The molecule has 3 rings (SSSR count). The first-order valence-electron chi connectivity index (χ1n) is 11.6. The highest BCUT2D eigenvalue weighted by atomic mass is 16.5. The van der Waals surface area contributed by atoms with Crippen molar-refractivity contribution in [1.82, 2.24) is 5.43 Å². The molecular weight excluding hydrogens is 456 g/mol. The van der Waals surface area contributed by atoms with E-state index in [2.05, 4.69) is 21.2 Å². The van der Waals surface area contributed by atoms with E-state index in [0.717, 1.165) is 34.4 Å². The van der Waals surface area contributed by atoms with Gasteiger partial charge in [-0.3, -0.25) is 14.4 Å². The number of carbonyl (C=O) groups is 3. The first kappa shape index (κ1) is 26.2. The van der Waals surface area contributed by atoms with Gasteiger partial charge in [0, 0.05) is 11.4 Å². The molecule has 0 aliphatic carbocycles. The van der Waals surface area contributed by atoms with Gasteiger partial charge in [0.2, 0.25) is 0 Å². The first-order chi connectivity index (χ1) is 17.2. The van der Waals surface area contributed by atoms with Crippen molar-refractivity contribution in [2.24, 2.45) is 5.10 Å². The van der Waals surface area contributed by atoms with Gasteiger partial charge in [-0.1, -0.05) is 36.8 Å². The Morgan fingerprint density at radius 3 is 2.11 bits per heavy atom. The van der Waals surface area contributed by atoms with Crippen molar-refractivity contribution in [3.8, 4) is 5.75 Å². The standard InChI is InChI=1S/C28H30N4O4/c1-5-21-6-10-23(11-7-21)30-27(34)28(35)32-29-16-22-8-12-24(13-9-22)36-17-25(33)31-26-19(3)14-18(2)15-20(26)4/h6-16H,5,17H2,1-4H3,(H,30,34)(H,31,33)(H,32,35)/b29-16-. The Morgan fingerprint density at radius 1 is 0.861 bits per heavy atom. The van der Waals surface area contributed by atoms with Crippen LogP contribution in [0.1, 0.15) is 34.7 Å². The Kier molecular flexibility index (Phi) is 8.94. The minimum Gasteiger partial charge on any atom is -0.484 e. The monoisotopic (exact) mass is 486 g/mol. The number of rotatable bonds is 8. The van der Waals surface area contributed by atoms with Crippen LogP contribution in [0.2, 0.25) is 0 Å². The van der Waals surface area contributed by atoms with Crippen LogP contribution in [0.4, 0.5) is 11.4 Å². The summed E-state index contributed by atoms with van der Waals surface area (Å²) in [6.45, 7) is 7.83. The average molecular weight is 487 g/mol. The van der Waals surface area contributed by atoms with Crippen molar-refractivity contribution in [3.63, 3.8) is 0 Å². The van der Waals surface area contributed by atoms with Crippen LogP contribution in [0, 0.1) is 20.8 Å². The fraction of sp³-hybridized carbons (Fsp3) is 0.214. The lowest BCUT2D eigenvalue weighted by atomic mass is 10.1. The van der Waals surface area contributed by atoms with Crippen LogP contribution in [0.15, 0.2) is 65.8 Å². The van der Waals surface area contributed by atoms with Gasteiger partial charge in [-0.05, 0) is 85.8 Å². The number of hydrogen-bond donors (Lipinski definition) is 3. The number of aryl methyl sites for hydroxylation is 4. The molecule has 3 amide bonds. The molecule has 8 heteroatoms. The lowest BCUT2D eigenvalue weighted by Crippen LogP contribution is -2.32. The number of anilines is 2. The Bertz CT molecular complexity index is 1240. The predicted molar refractivity (Wildman–Crippen MR) is 141 cm³/mol. The highest BCUT2D eigenvalue weighted by Crippen LogP contribution is 2.22. The second kappa shape index (κ2) is 12.3. The Labute approximate surface area is 210 Å². The summed E-state index contributed by atoms with van der Waals surface area (Å²) in [5, 5.41) is 9.23. The van der Waals surface area contributed by atoms with Crippen molar-refractivity contribution in [2.75, 3.05) is 17.2 Å². The number of amides is 3. The molecule has 0 saturated heterocycles. The second-order valence-electron chi connectivity index (χ2n) is 8.38. The van der Waals surface area contributed by atoms with E-state index in [4.69, 9.17) is 4.74 Å². The molecule has 0 bridgehead atoms. The van der Waals surface area contributed by atoms with Crippen LogP contribution in [-0.4, -0.2) is 30.5 Å². The first-order valence-corrected chi connectivity index (χ1v) is 11.6. The van der Waals surface area contributed by atoms with Crippen molar-refractivity contribution < 1.29 is 19.1 Å². The maximum Gasteiger partial charge on any atom is 0.329 e. The van der Waals surface area contributed by atoms with Crippen molar-refractivity contribution in [1.29, 1.82) is 0 Å². The van der Waals surface area contributed by atoms with E-state index >= 15 is 0 Å². The quantitative estimate of drug-likeness (QED) is 0.251. The molecule has 0 aliphatic heterocycles. The highest BCUT2D eigenvalue weighted by Gasteiger charge is 2.13. The van der Waals surface area contributed by atoms with Gasteiger partial charge in [0.25, 0.3) is 5.91 Å². The number of ether oxygens (including phenoxy) is 1. The molecule has 3 aromatic carbocycles.